The number of hydrogen-bond donors (Lipinski definition) is 1. The van der Waals surface area contributed by atoms with E-state index >= 15 is 0 Å². The van der Waals surface area contributed by atoms with Crippen LogP contribution < -0.4 is 10.2 Å². The Bertz CT molecular complexity index is 1240. The third-order valence-electron chi connectivity index (χ3n) is 6.35. The van der Waals surface area contributed by atoms with E-state index in [0.717, 1.165) is 32.1 Å². The highest BCUT2D eigenvalue weighted by molar-refractivity contribution is 6.09. The molecule has 1 atom stereocenters. The van der Waals surface area contributed by atoms with Gasteiger partial charge in [0.2, 0.25) is 5.91 Å². The lowest BCUT2D eigenvalue weighted by atomic mass is 9.94. The first kappa shape index (κ1) is 25.0. The Labute approximate surface area is 209 Å². The van der Waals surface area contributed by atoms with Crippen molar-refractivity contribution >= 4 is 23.5 Å². The molecule has 2 aromatic heterocycles. The highest BCUT2D eigenvalue weighted by atomic mass is 16.5. The van der Waals surface area contributed by atoms with E-state index in [1.54, 1.807) is 43.0 Å². The summed E-state index contributed by atoms with van der Waals surface area (Å²) in [5, 5.41) is 7.59. The molecule has 3 aromatic rings. The van der Waals surface area contributed by atoms with E-state index in [0.29, 0.717) is 16.9 Å². The molecule has 0 aliphatic heterocycles. The third kappa shape index (κ3) is 5.42. The SMILES string of the molecule is COC(=O)c1cccc(N(C(=O)c2cnccn2)[C@H](C(=O)NC2CCCCC2)c2cn(C)nc2C)c1. The fourth-order valence-electron chi connectivity index (χ4n) is 4.63. The number of carbonyl (C=O) groups is 3. The maximum Gasteiger partial charge on any atom is 0.337 e. The van der Waals surface area contributed by atoms with Crippen molar-refractivity contribution in [2.45, 2.75) is 51.1 Å². The number of esters is 1. The molecule has 2 amide bonds. The zero-order valence-corrected chi connectivity index (χ0v) is 20.7. The van der Waals surface area contributed by atoms with Crippen LogP contribution in [0.15, 0.2) is 49.1 Å². The van der Waals surface area contributed by atoms with Crippen LogP contribution >= 0.6 is 0 Å². The molecule has 4 rings (SSSR count). The van der Waals surface area contributed by atoms with E-state index in [2.05, 4.69) is 20.4 Å². The van der Waals surface area contributed by atoms with Gasteiger partial charge < -0.3 is 10.1 Å². The second-order valence-electron chi connectivity index (χ2n) is 8.90. The lowest BCUT2D eigenvalue weighted by Gasteiger charge is -2.33. The number of benzene rings is 1. The second kappa shape index (κ2) is 11.1. The van der Waals surface area contributed by atoms with Crippen LogP contribution in [0, 0.1) is 6.92 Å². The number of ether oxygens (including phenoxy) is 1. The molecule has 36 heavy (non-hydrogen) atoms. The molecule has 1 N–H and O–H groups in total. The number of aromatic nitrogens is 4. The fraction of sp³-hybridized carbons (Fsp3) is 0.385. The number of amides is 2. The molecular weight excluding hydrogens is 460 g/mol. The van der Waals surface area contributed by atoms with Crippen LogP contribution in [0.4, 0.5) is 5.69 Å². The average Bonchev–Trinajstić information content (AvgIpc) is 3.24. The molecular formula is C26H30N6O4. The first-order valence-corrected chi connectivity index (χ1v) is 12.0. The molecule has 10 nitrogen and oxygen atoms in total. The normalized spacial score (nSPS) is 14.6. The van der Waals surface area contributed by atoms with Gasteiger partial charge in [-0.3, -0.25) is 24.2 Å². The molecule has 1 saturated carbocycles. The highest BCUT2D eigenvalue weighted by Gasteiger charge is 2.37. The Balaban J connectivity index is 1.85. The van der Waals surface area contributed by atoms with Gasteiger partial charge in [-0.2, -0.15) is 5.10 Å². The second-order valence-corrected chi connectivity index (χ2v) is 8.90. The van der Waals surface area contributed by atoms with Crippen molar-refractivity contribution in [2.24, 2.45) is 7.05 Å². The highest BCUT2D eigenvalue weighted by Crippen LogP contribution is 2.32. The molecule has 0 unspecified atom stereocenters. The molecule has 1 fully saturated rings. The standard InChI is InChI=1S/C26H30N6O4/c1-17-21(16-31(2)30-17)23(24(33)29-19-9-5-4-6-10-19)32(25(34)22-15-27-12-13-28-22)20-11-7-8-18(14-20)26(35)36-3/h7-8,11-16,19,23H,4-6,9-10H2,1-3H3,(H,29,33)/t23-/m0/s1. The van der Waals surface area contributed by atoms with Gasteiger partial charge in [0.05, 0.1) is 24.6 Å². The number of aryl methyl sites for hydroxylation is 2. The lowest BCUT2D eigenvalue weighted by Crippen LogP contribution is -2.47. The van der Waals surface area contributed by atoms with E-state index in [-0.39, 0.29) is 23.2 Å². The van der Waals surface area contributed by atoms with Crippen LogP contribution in [-0.4, -0.2) is 50.7 Å². The van der Waals surface area contributed by atoms with E-state index < -0.39 is 17.9 Å². The Morgan fingerprint density at radius 1 is 1.17 bits per heavy atom. The zero-order chi connectivity index (χ0) is 25.7. The van der Waals surface area contributed by atoms with Gasteiger partial charge in [0, 0.05) is 42.9 Å². The van der Waals surface area contributed by atoms with Gasteiger partial charge in [-0.15, -0.1) is 0 Å². The van der Waals surface area contributed by atoms with Crippen molar-refractivity contribution in [3.8, 4) is 0 Å². The quantitative estimate of drug-likeness (QED) is 0.505. The van der Waals surface area contributed by atoms with Crippen molar-refractivity contribution < 1.29 is 19.1 Å². The molecule has 0 spiro atoms. The summed E-state index contributed by atoms with van der Waals surface area (Å²) in [5.41, 5.74) is 1.86. The minimum absolute atomic E-state index is 0.0283. The smallest absolute Gasteiger partial charge is 0.337 e. The third-order valence-corrected chi connectivity index (χ3v) is 6.35. The molecule has 2 heterocycles. The van der Waals surface area contributed by atoms with Crippen molar-refractivity contribution in [3.63, 3.8) is 0 Å². The van der Waals surface area contributed by atoms with Crippen molar-refractivity contribution in [1.82, 2.24) is 25.1 Å². The number of carbonyl (C=O) groups excluding carboxylic acids is 3. The summed E-state index contributed by atoms with van der Waals surface area (Å²) >= 11 is 0. The number of nitrogens with one attached hydrogen (secondary N) is 1. The number of anilines is 1. The summed E-state index contributed by atoms with van der Waals surface area (Å²) in [6.07, 6.45) is 11.0. The lowest BCUT2D eigenvalue weighted by molar-refractivity contribution is -0.123. The first-order valence-electron chi connectivity index (χ1n) is 12.0. The number of nitrogens with zero attached hydrogens (tertiary/aromatic N) is 5. The van der Waals surface area contributed by atoms with Crippen LogP contribution in [0.5, 0.6) is 0 Å². The minimum atomic E-state index is -1.05. The van der Waals surface area contributed by atoms with Crippen molar-refractivity contribution in [1.29, 1.82) is 0 Å². The predicted molar refractivity (Wildman–Crippen MR) is 132 cm³/mol. The molecule has 188 valence electrons. The topological polar surface area (TPSA) is 119 Å². The van der Waals surface area contributed by atoms with Crippen molar-refractivity contribution in [2.75, 3.05) is 12.0 Å². The van der Waals surface area contributed by atoms with Gasteiger partial charge in [-0.25, -0.2) is 9.78 Å². The monoisotopic (exact) mass is 490 g/mol. The Morgan fingerprint density at radius 2 is 1.94 bits per heavy atom. The maximum absolute atomic E-state index is 13.9. The van der Waals surface area contributed by atoms with Crippen LogP contribution in [-0.2, 0) is 16.6 Å². The Morgan fingerprint density at radius 3 is 2.58 bits per heavy atom. The van der Waals surface area contributed by atoms with Crippen molar-refractivity contribution in [3.05, 3.63) is 71.6 Å². The maximum atomic E-state index is 13.9. The number of hydrogen-bond acceptors (Lipinski definition) is 7. The van der Waals surface area contributed by atoms with Gasteiger partial charge in [0.15, 0.2) is 0 Å². The number of methoxy groups -OCH3 is 1. The summed E-state index contributed by atoms with van der Waals surface area (Å²) in [6, 6.07) is 5.42. The Hall–Kier alpha value is -4.08. The van der Waals surface area contributed by atoms with Gasteiger partial charge in [0.1, 0.15) is 11.7 Å². The van der Waals surface area contributed by atoms with Gasteiger partial charge >= 0.3 is 5.97 Å². The molecule has 10 heteroatoms. The Kier molecular flexibility index (Phi) is 7.72. The van der Waals surface area contributed by atoms with E-state index in [9.17, 15) is 14.4 Å². The largest absolute Gasteiger partial charge is 0.465 e. The van der Waals surface area contributed by atoms with Gasteiger partial charge in [-0.1, -0.05) is 25.3 Å². The molecule has 0 radical (unpaired) electrons. The molecule has 0 saturated heterocycles. The van der Waals surface area contributed by atoms with E-state index in [4.69, 9.17) is 4.74 Å². The van der Waals surface area contributed by atoms with Crippen LogP contribution in [0.2, 0.25) is 0 Å². The van der Waals surface area contributed by atoms with Crippen LogP contribution in [0.3, 0.4) is 0 Å². The first-order chi connectivity index (χ1) is 17.4. The number of rotatable bonds is 7. The van der Waals surface area contributed by atoms with E-state index in [1.807, 2.05) is 0 Å². The minimum Gasteiger partial charge on any atom is -0.465 e. The fourth-order valence-corrected chi connectivity index (χ4v) is 4.63. The molecule has 1 aromatic carbocycles. The molecule has 1 aliphatic carbocycles. The molecule has 0 bridgehead atoms. The van der Waals surface area contributed by atoms with Crippen LogP contribution in [0.25, 0.3) is 0 Å². The van der Waals surface area contributed by atoms with Gasteiger partial charge in [-0.05, 0) is 38.0 Å². The van der Waals surface area contributed by atoms with E-state index in [1.165, 1.54) is 36.7 Å². The zero-order valence-electron chi connectivity index (χ0n) is 20.7. The predicted octanol–water partition coefficient (Wildman–Crippen LogP) is 3.14. The summed E-state index contributed by atoms with van der Waals surface area (Å²) in [5.74, 6) is -1.40. The summed E-state index contributed by atoms with van der Waals surface area (Å²) < 4.78 is 6.49. The molecule has 1 aliphatic rings. The summed E-state index contributed by atoms with van der Waals surface area (Å²) in [6.45, 7) is 1.80. The van der Waals surface area contributed by atoms with Crippen LogP contribution in [0.1, 0.15) is 70.2 Å². The average molecular weight is 491 g/mol. The summed E-state index contributed by atoms with van der Waals surface area (Å²) in [4.78, 5) is 49.7. The summed E-state index contributed by atoms with van der Waals surface area (Å²) in [7, 11) is 3.05. The van der Waals surface area contributed by atoms with Gasteiger partial charge in [0.25, 0.3) is 5.91 Å².